The van der Waals surface area contributed by atoms with Gasteiger partial charge in [-0.15, -0.1) is 12.4 Å². The molecular formula is C13H18ClF3N2O. The van der Waals surface area contributed by atoms with Crippen LogP contribution in [0.5, 0.6) is 0 Å². The van der Waals surface area contributed by atoms with Crippen molar-refractivity contribution in [3.63, 3.8) is 0 Å². The first kappa shape index (κ1) is 18.7. The number of rotatable bonds is 4. The quantitative estimate of drug-likeness (QED) is 0.898. The van der Waals surface area contributed by atoms with Gasteiger partial charge in [0.1, 0.15) is 0 Å². The van der Waals surface area contributed by atoms with Gasteiger partial charge in [-0.1, -0.05) is 12.1 Å². The molecule has 1 amide bonds. The Bertz CT molecular complexity index is 444. The van der Waals surface area contributed by atoms with Crippen molar-refractivity contribution in [3.05, 3.63) is 35.4 Å². The van der Waals surface area contributed by atoms with Crippen LogP contribution in [0.3, 0.4) is 0 Å². The lowest BCUT2D eigenvalue weighted by atomic mass is 9.92. The van der Waals surface area contributed by atoms with E-state index in [1.54, 1.807) is 13.8 Å². The van der Waals surface area contributed by atoms with Crippen molar-refractivity contribution in [2.45, 2.75) is 26.6 Å². The standard InChI is InChI=1S/C13H17F3N2O.ClH/c1-12(2,8-17)11(19)18-7-9-3-5-10(6-4-9)13(14,15)16;/h3-6H,7-8,17H2,1-2H3,(H,18,19);1H. The maximum absolute atomic E-state index is 12.4. The molecule has 0 atom stereocenters. The van der Waals surface area contributed by atoms with Gasteiger partial charge in [0.05, 0.1) is 11.0 Å². The highest BCUT2D eigenvalue weighted by Crippen LogP contribution is 2.29. The Morgan fingerprint density at radius 1 is 1.20 bits per heavy atom. The summed E-state index contributed by atoms with van der Waals surface area (Å²) in [5.41, 5.74) is 4.67. The van der Waals surface area contributed by atoms with Crippen LogP contribution in [0.1, 0.15) is 25.0 Å². The van der Waals surface area contributed by atoms with Crippen molar-refractivity contribution >= 4 is 18.3 Å². The van der Waals surface area contributed by atoms with Crippen LogP contribution in [0.15, 0.2) is 24.3 Å². The minimum absolute atomic E-state index is 0. The molecule has 20 heavy (non-hydrogen) atoms. The Balaban J connectivity index is 0.00000361. The highest BCUT2D eigenvalue weighted by atomic mass is 35.5. The number of benzene rings is 1. The van der Waals surface area contributed by atoms with Crippen LogP contribution in [0.2, 0.25) is 0 Å². The lowest BCUT2D eigenvalue weighted by Gasteiger charge is -2.21. The maximum Gasteiger partial charge on any atom is 0.416 e. The molecule has 7 heteroatoms. The summed E-state index contributed by atoms with van der Waals surface area (Å²) < 4.78 is 37.1. The summed E-state index contributed by atoms with van der Waals surface area (Å²) in [6.07, 6.45) is -4.34. The maximum atomic E-state index is 12.4. The second-order valence-corrected chi connectivity index (χ2v) is 4.97. The van der Waals surface area contributed by atoms with E-state index in [9.17, 15) is 18.0 Å². The van der Waals surface area contributed by atoms with Crippen LogP contribution in [0, 0.1) is 5.41 Å². The number of nitrogens with two attached hydrogens (primary N) is 1. The molecule has 0 saturated heterocycles. The molecule has 0 spiro atoms. The van der Waals surface area contributed by atoms with Gasteiger partial charge in [0.2, 0.25) is 5.91 Å². The van der Waals surface area contributed by atoms with Crippen molar-refractivity contribution in [3.8, 4) is 0 Å². The van der Waals surface area contributed by atoms with Crippen LogP contribution in [-0.4, -0.2) is 12.5 Å². The van der Waals surface area contributed by atoms with Crippen molar-refractivity contribution < 1.29 is 18.0 Å². The molecule has 0 bridgehead atoms. The molecular weight excluding hydrogens is 293 g/mol. The highest BCUT2D eigenvalue weighted by molar-refractivity contribution is 5.85. The van der Waals surface area contributed by atoms with Gasteiger partial charge in [-0.05, 0) is 31.5 Å². The molecule has 1 rings (SSSR count). The van der Waals surface area contributed by atoms with E-state index in [-0.39, 0.29) is 31.4 Å². The largest absolute Gasteiger partial charge is 0.416 e. The Hall–Kier alpha value is -1.27. The third kappa shape index (κ3) is 5.02. The summed E-state index contributed by atoms with van der Waals surface area (Å²) in [4.78, 5) is 11.7. The predicted molar refractivity (Wildman–Crippen MR) is 73.4 cm³/mol. The number of amides is 1. The fourth-order valence-electron chi connectivity index (χ4n) is 1.33. The number of carbonyl (C=O) groups excluding carboxylic acids is 1. The van der Waals surface area contributed by atoms with Gasteiger partial charge in [0.15, 0.2) is 0 Å². The van der Waals surface area contributed by atoms with Crippen LogP contribution < -0.4 is 11.1 Å². The van der Waals surface area contributed by atoms with Crippen molar-refractivity contribution in [1.29, 1.82) is 0 Å². The van der Waals surface area contributed by atoms with Crippen LogP contribution in [0.25, 0.3) is 0 Å². The molecule has 0 aliphatic rings. The molecule has 0 unspecified atom stereocenters. The Kier molecular flexibility index (Phi) is 6.50. The fourth-order valence-corrected chi connectivity index (χ4v) is 1.33. The molecule has 3 N–H and O–H groups in total. The predicted octanol–water partition coefficient (Wildman–Crippen LogP) is 2.73. The van der Waals surface area contributed by atoms with Gasteiger partial charge in [-0.3, -0.25) is 4.79 Å². The lowest BCUT2D eigenvalue weighted by Crippen LogP contribution is -2.41. The van der Waals surface area contributed by atoms with Crippen LogP contribution >= 0.6 is 12.4 Å². The first-order valence-electron chi connectivity index (χ1n) is 5.81. The zero-order chi connectivity index (χ0) is 14.7. The summed E-state index contributed by atoms with van der Waals surface area (Å²) >= 11 is 0. The molecule has 1 aromatic rings. The van der Waals surface area contributed by atoms with E-state index in [4.69, 9.17) is 5.73 Å². The Labute approximate surface area is 122 Å². The van der Waals surface area contributed by atoms with Crippen molar-refractivity contribution in [1.82, 2.24) is 5.32 Å². The number of hydrogen-bond acceptors (Lipinski definition) is 2. The minimum atomic E-state index is -4.34. The molecule has 0 fully saturated rings. The second-order valence-electron chi connectivity index (χ2n) is 4.97. The monoisotopic (exact) mass is 310 g/mol. The third-order valence-corrected chi connectivity index (χ3v) is 2.86. The normalized spacial score (nSPS) is 11.7. The molecule has 0 heterocycles. The average molecular weight is 311 g/mol. The van der Waals surface area contributed by atoms with Gasteiger partial charge in [0, 0.05) is 13.1 Å². The molecule has 0 saturated carbocycles. The summed E-state index contributed by atoms with van der Waals surface area (Å²) in [6.45, 7) is 3.79. The molecule has 1 aromatic carbocycles. The third-order valence-electron chi connectivity index (χ3n) is 2.86. The number of nitrogens with one attached hydrogen (secondary N) is 1. The molecule has 0 aliphatic heterocycles. The molecule has 0 radical (unpaired) electrons. The number of halogens is 4. The van der Waals surface area contributed by atoms with E-state index in [1.165, 1.54) is 12.1 Å². The van der Waals surface area contributed by atoms with E-state index in [0.717, 1.165) is 12.1 Å². The van der Waals surface area contributed by atoms with Gasteiger partial charge >= 0.3 is 6.18 Å². The Morgan fingerprint density at radius 2 is 1.70 bits per heavy atom. The zero-order valence-electron chi connectivity index (χ0n) is 11.3. The second kappa shape index (κ2) is 6.95. The molecule has 114 valence electrons. The van der Waals surface area contributed by atoms with E-state index in [0.29, 0.717) is 5.56 Å². The molecule has 0 aromatic heterocycles. The van der Waals surface area contributed by atoms with Crippen LogP contribution in [-0.2, 0) is 17.5 Å². The van der Waals surface area contributed by atoms with Gasteiger partial charge < -0.3 is 11.1 Å². The smallest absolute Gasteiger partial charge is 0.352 e. The highest BCUT2D eigenvalue weighted by Gasteiger charge is 2.30. The number of alkyl halides is 3. The Morgan fingerprint density at radius 3 is 2.10 bits per heavy atom. The van der Waals surface area contributed by atoms with Gasteiger partial charge in [-0.25, -0.2) is 0 Å². The van der Waals surface area contributed by atoms with E-state index in [1.807, 2.05) is 0 Å². The number of hydrogen-bond donors (Lipinski definition) is 2. The number of carbonyl (C=O) groups is 1. The van der Waals surface area contributed by atoms with Crippen molar-refractivity contribution in [2.24, 2.45) is 11.1 Å². The lowest BCUT2D eigenvalue weighted by molar-refractivity contribution is -0.137. The molecule has 0 aliphatic carbocycles. The zero-order valence-corrected chi connectivity index (χ0v) is 12.1. The summed E-state index contributed by atoms with van der Waals surface area (Å²) in [5, 5.41) is 2.65. The van der Waals surface area contributed by atoms with E-state index < -0.39 is 17.2 Å². The minimum Gasteiger partial charge on any atom is -0.352 e. The molecule has 3 nitrogen and oxygen atoms in total. The van der Waals surface area contributed by atoms with E-state index in [2.05, 4.69) is 5.32 Å². The van der Waals surface area contributed by atoms with Gasteiger partial charge in [-0.2, -0.15) is 13.2 Å². The summed E-state index contributed by atoms with van der Waals surface area (Å²) in [5.74, 6) is -0.227. The summed E-state index contributed by atoms with van der Waals surface area (Å²) in [7, 11) is 0. The van der Waals surface area contributed by atoms with Crippen molar-refractivity contribution in [2.75, 3.05) is 6.54 Å². The first-order valence-corrected chi connectivity index (χ1v) is 5.81. The topological polar surface area (TPSA) is 55.1 Å². The SMILES string of the molecule is CC(C)(CN)C(=O)NCc1ccc(C(F)(F)F)cc1.Cl. The fraction of sp³-hybridized carbons (Fsp3) is 0.462. The van der Waals surface area contributed by atoms with E-state index >= 15 is 0 Å². The van der Waals surface area contributed by atoms with Gasteiger partial charge in [0.25, 0.3) is 0 Å². The summed E-state index contributed by atoms with van der Waals surface area (Å²) in [6, 6.07) is 4.68. The van der Waals surface area contributed by atoms with Crippen LogP contribution in [0.4, 0.5) is 13.2 Å². The average Bonchev–Trinajstić information content (AvgIpc) is 2.35. The first-order chi connectivity index (χ1) is 8.66.